The van der Waals surface area contributed by atoms with Gasteiger partial charge in [0.2, 0.25) is 5.89 Å². The molecule has 3 rings (SSSR count). The molecule has 0 aliphatic carbocycles. The molecule has 0 saturated carbocycles. The van der Waals surface area contributed by atoms with E-state index < -0.39 is 0 Å². The number of rotatable bonds is 7. The van der Waals surface area contributed by atoms with Crippen LogP contribution < -0.4 is 5.56 Å². The Morgan fingerprint density at radius 2 is 2.08 bits per heavy atom. The maximum Gasteiger partial charge on any atom is 0.262 e. The average molecular weight is 360 g/mol. The Kier molecular flexibility index (Phi) is 5.50. The van der Waals surface area contributed by atoms with Crippen LogP contribution in [-0.2, 0) is 12.3 Å². The number of aliphatic hydroxyl groups is 1. The highest BCUT2D eigenvalue weighted by atomic mass is 32.2. The maximum atomic E-state index is 12.7. The summed E-state index contributed by atoms with van der Waals surface area (Å²) in [6, 6.07) is 7.27. The van der Waals surface area contributed by atoms with Gasteiger partial charge in [-0.1, -0.05) is 42.9 Å². The van der Waals surface area contributed by atoms with Gasteiger partial charge in [-0.25, -0.2) is 4.98 Å². The largest absolute Gasteiger partial charge is 0.396 e. The summed E-state index contributed by atoms with van der Waals surface area (Å²) >= 11 is 1.39. The zero-order valence-electron chi connectivity index (χ0n) is 14.2. The lowest BCUT2D eigenvalue weighted by molar-refractivity contribution is 0.276. The van der Waals surface area contributed by atoms with Crippen LogP contribution in [0.1, 0.15) is 37.9 Å². The normalized spacial score (nSPS) is 11.5. The minimum atomic E-state index is -0.0995. The molecule has 0 spiro atoms. The van der Waals surface area contributed by atoms with E-state index in [1.807, 2.05) is 32.0 Å². The third-order valence-electron chi connectivity index (χ3n) is 3.67. The van der Waals surface area contributed by atoms with Gasteiger partial charge in [-0.15, -0.1) is 0 Å². The second-order valence-electron chi connectivity index (χ2n) is 5.94. The summed E-state index contributed by atoms with van der Waals surface area (Å²) < 4.78 is 6.81. The molecule has 0 saturated heterocycles. The summed E-state index contributed by atoms with van der Waals surface area (Å²) in [4.78, 5) is 21.7. The van der Waals surface area contributed by atoms with E-state index in [4.69, 9.17) is 9.63 Å². The third kappa shape index (κ3) is 3.91. The van der Waals surface area contributed by atoms with Gasteiger partial charge >= 0.3 is 0 Å². The van der Waals surface area contributed by atoms with Crippen LogP contribution in [0, 0.1) is 0 Å². The van der Waals surface area contributed by atoms with Gasteiger partial charge in [0.25, 0.3) is 5.56 Å². The molecule has 8 heteroatoms. The first kappa shape index (κ1) is 17.6. The molecule has 0 amide bonds. The van der Waals surface area contributed by atoms with E-state index in [9.17, 15) is 4.79 Å². The van der Waals surface area contributed by atoms with Gasteiger partial charge in [-0.3, -0.25) is 9.36 Å². The highest BCUT2D eigenvalue weighted by molar-refractivity contribution is 7.98. The average Bonchev–Trinajstić information content (AvgIpc) is 3.09. The van der Waals surface area contributed by atoms with Crippen molar-refractivity contribution in [1.29, 1.82) is 0 Å². The maximum absolute atomic E-state index is 12.7. The van der Waals surface area contributed by atoms with Crippen LogP contribution in [-0.4, -0.2) is 31.4 Å². The van der Waals surface area contributed by atoms with Crippen molar-refractivity contribution >= 4 is 22.7 Å². The molecule has 0 atom stereocenters. The number of aliphatic hydroxyl groups excluding tert-OH is 1. The van der Waals surface area contributed by atoms with Gasteiger partial charge in [-0.05, 0) is 18.6 Å². The Labute approximate surface area is 149 Å². The second kappa shape index (κ2) is 7.79. The van der Waals surface area contributed by atoms with Crippen molar-refractivity contribution in [1.82, 2.24) is 19.7 Å². The van der Waals surface area contributed by atoms with Crippen LogP contribution in [0.4, 0.5) is 0 Å². The first-order valence-corrected chi connectivity index (χ1v) is 9.14. The van der Waals surface area contributed by atoms with E-state index in [1.165, 1.54) is 11.8 Å². The third-order valence-corrected chi connectivity index (χ3v) is 4.65. The van der Waals surface area contributed by atoms with Crippen molar-refractivity contribution in [3.63, 3.8) is 0 Å². The van der Waals surface area contributed by atoms with E-state index in [1.54, 1.807) is 10.6 Å². The quantitative estimate of drug-likeness (QED) is 0.511. The molecular weight excluding hydrogens is 340 g/mol. The number of hydrogen-bond donors (Lipinski definition) is 1. The number of hydrogen-bond acceptors (Lipinski definition) is 7. The SMILES string of the molecule is CC(C)c1nc(CSc2nc3ccccc3c(=O)n2CCCO)no1. The predicted molar refractivity (Wildman–Crippen MR) is 95.7 cm³/mol. The Morgan fingerprint density at radius 1 is 1.28 bits per heavy atom. The lowest BCUT2D eigenvalue weighted by Gasteiger charge is -2.11. The first-order valence-electron chi connectivity index (χ1n) is 8.16. The fourth-order valence-corrected chi connectivity index (χ4v) is 3.24. The first-order chi connectivity index (χ1) is 12.1. The lowest BCUT2D eigenvalue weighted by atomic mass is 10.2. The van der Waals surface area contributed by atoms with Gasteiger partial charge in [0.15, 0.2) is 11.0 Å². The van der Waals surface area contributed by atoms with E-state index in [0.29, 0.717) is 46.5 Å². The molecule has 0 radical (unpaired) electrons. The summed E-state index contributed by atoms with van der Waals surface area (Å²) in [7, 11) is 0. The second-order valence-corrected chi connectivity index (χ2v) is 6.88. The van der Waals surface area contributed by atoms with Gasteiger partial charge in [0.1, 0.15) is 0 Å². The summed E-state index contributed by atoms with van der Waals surface area (Å²) in [5.41, 5.74) is 0.559. The Bertz CT molecular complexity index is 920. The van der Waals surface area contributed by atoms with Crippen molar-refractivity contribution < 1.29 is 9.63 Å². The lowest BCUT2D eigenvalue weighted by Crippen LogP contribution is -2.24. The molecule has 7 nitrogen and oxygen atoms in total. The van der Waals surface area contributed by atoms with Gasteiger partial charge in [0.05, 0.1) is 16.7 Å². The summed E-state index contributed by atoms with van der Waals surface area (Å²) in [5.74, 6) is 1.80. The van der Waals surface area contributed by atoms with Gasteiger partial charge < -0.3 is 9.63 Å². The van der Waals surface area contributed by atoms with Gasteiger partial charge in [-0.2, -0.15) is 4.98 Å². The molecule has 0 fully saturated rings. The highest BCUT2D eigenvalue weighted by Gasteiger charge is 2.14. The van der Waals surface area contributed by atoms with Crippen molar-refractivity contribution in [2.45, 2.75) is 43.6 Å². The number of aromatic nitrogens is 4. The number of thioether (sulfide) groups is 1. The van der Waals surface area contributed by atoms with Crippen LogP contribution in [0.25, 0.3) is 10.9 Å². The van der Waals surface area contributed by atoms with Crippen molar-refractivity contribution in [3.05, 3.63) is 46.3 Å². The van der Waals surface area contributed by atoms with Crippen LogP contribution >= 0.6 is 11.8 Å². The minimum Gasteiger partial charge on any atom is -0.396 e. The summed E-state index contributed by atoms with van der Waals surface area (Å²) in [5, 5.41) is 14.2. The van der Waals surface area contributed by atoms with Crippen LogP contribution in [0.3, 0.4) is 0 Å². The topological polar surface area (TPSA) is 94.0 Å². The Balaban J connectivity index is 1.91. The molecule has 3 aromatic rings. The van der Waals surface area contributed by atoms with Crippen molar-refractivity contribution in [2.24, 2.45) is 0 Å². The number of nitrogens with zero attached hydrogens (tertiary/aromatic N) is 4. The van der Waals surface area contributed by atoms with Crippen LogP contribution in [0.15, 0.2) is 38.7 Å². The summed E-state index contributed by atoms with van der Waals surface area (Å²) in [6.45, 7) is 4.41. The summed E-state index contributed by atoms with van der Waals surface area (Å²) in [6.07, 6.45) is 0.493. The molecule has 0 unspecified atom stereocenters. The van der Waals surface area contributed by atoms with Crippen LogP contribution in [0.5, 0.6) is 0 Å². The zero-order chi connectivity index (χ0) is 17.8. The Hall–Kier alpha value is -2.19. The van der Waals surface area contributed by atoms with E-state index in [0.717, 1.165) is 0 Å². The molecule has 132 valence electrons. The number of benzene rings is 1. The highest BCUT2D eigenvalue weighted by Crippen LogP contribution is 2.22. The molecule has 25 heavy (non-hydrogen) atoms. The molecule has 0 aliphatic rings. The molecule has 0 aliphatic heterocycles. The standard InChI is InChI=1S/C17H20N4O3S/c1-11(2)15-19-14(20-24-15)10-25-17-18-13-7-4-3-6-12(13)16(23)21(17)8-5-9-22/h3-4,6-7,11,22H,5,8-10H2,1-2H3. The van der Waals surface area contributed by atoms with Gasteiger partial charge in [0, 0.05) is 19.1 Å². The van der Waals surface area contributed by atoms with E-state index in [-0.39, 0.29) is 18.1 Å². The monoisotopic (exact) mass is 360 g/mol. The Morgan fingerprint density at radius 3 is 2.80 bits per heavy atom. The predicted octanol–water partition coefficient (Wildman–Crippen LogP) is 2.58. The molecule has 2 aromatic heterocycles. The molecule has 1 aromatic carbocycles. The molecular formula is C17H20N4O3S. The van der Waals surface area contributed by atoms with Crippen molar-refractivity contribution in [3.8, 4) is 0 Å². The smallest absolute Gasteiger partial charge is 0.262 e. The number of fused-ring (bicyclic) bond motifs is 1. The van der Waals surface area contributed by atoms with Crippen LogP contribution in [0.2, 0.25) is 0 Å². The van der Waals surface area contributed by atoms with E-state index >= 15 is 0 Å². The molecule has 2 heterocycles. The molecule has 0 bridgehead atoms. The van der Waals surface area contributed by atoms with Crippen molar-refractivity contribution in [2.75, 3.05) is 6.61 Å². The zero-order valence-corrected chi connectivity index (χ0v) is 15.0. The fraction of sp³-hybridized carbons (Fsp3) is 0.412. The minimum absolute atomic E-state index is 0.0198. The molecule has 1 N–H and O–H groups in total. The number of para-hydroxylation sites is 1. The fourth-order valence-electron chi connectivity index (χ4n) is 2.37. The van der Waals surface area contributed by atoms with E-state index in [2.05, 4.69) is 15.1 Å².